The lowest BCUT2D eigenvalue weighted by Gasteiger charge is -2.11. The largest absolute Gasteiger partial charge is 0.316 e. The Morgan fingerprint density at radius 2 is 2.17 bits per heavy atom. The van der Waals surface area contributed by atoms with Crippen LogP contribution in [0.1, 0.15) is 6.42 Å². The molecule has 4 nitrogen and oxygen atoms in total. The van der Waals surface area contributed by atoms with Crippen molar-refractivity contribution in [1.29, 1.82) is 0 Å². The molecular formula is C11H14F2N2O2S. The van der Waals surface area contributed by atoms with Gasteiger partial charge in [0.2, 0.25) is 10.0 Å². The molecule has 1 atom stereocenters. The second-order valence-electron chi connectivity index (χ2n) is 4.29. The Hall–Kier alpha value is -1.05. The summed E-state index contributed by atoms with van der Waals surface area (Å²) in [6.45, 7) is 1.86. The average molecular weight is 276 g/mol. The third-order valence-electron chi connectivity index (χ3n) is 2.91. The molecule has 1 aliphatic rings. The summed E-state index contributed by atoms with van der Waals surface area (Å²) in [5.74, 6) is -1.67. The average Bonchev–Trinajstić information content (AvgIpc) is 2.78. The first-order valence-electron chi connectivity index (χ1n) is 5.64. The molecule has 0 aliphatic carbocycles. The van der Waals surface area contributed by atoms with Gasteiger partial charge in [0.05, 0.1) is 0 Å². The van der Waals surface area contributed by atoms with Crippen molar-refractivity contribution in [2.24, 2.45) is 5.92 Å². The Labute approximate surface area is 104 Å². The maximum absolute atomic E-state index is 13.4. The summed E-state index contributed by atoms with van der Waals surface area (Å²) < 4.78 is 52.1. The van der Waals surface area contributed by atoms with Crippen molar-refractivity contribution < 1.29 is 17.2 Å². The summed E-state index contributed by atoms with van der Waals surface area (Å²) >= 11 is 0. The Morgan fingerprint density at radius 1 is 1.39 bits per heavy atom. The number of hydrogen-bond donors (Lipinski definition) is 2. The van der Waals surface area contributed by atoms with Crippen LogP contribution >= 0.6 is 0 Å². The van der Waals surface area contributed by atoms with E-state index in [1.165, 1.54) is 0 Å². The molecule has 0 bridgehead atoms. The first kappa shape index (κ1) is 13.4. The molecule has 100 valence electrons. The topological polar surface area (TPSA) is 58.2 Å². The molecular weight excluding hydrogens is 262 g/mol. The Balaban J connectivity index is 2.09. The van der Waals surface area contributed by atoms with Gasteiger partial charge < -0.3 is 5.32 Å². The highest BCUT2D eigenvalue weighted by molar-refractivity contribution is 7.89. The van der Waals surface area contributed by atoms with Gasteiger partial charge in [0.15, 0.2) is 0 Å². The van der Waals surface area contributed by atoms with E-state index in [1.54, 1.807) is 0 Å². The van der Waals surface area contributed by atoms with Crippen LogP contribution in [0.5, 0.6) is 0 Å². The zero-order chi connectivity index (χ0) is 13.2. The lowest BCUT2D eigenvalue weighted by molar-refractivity contribution is 0.524. The molecule has 2 N–H and O–H groups in total. The molecule has 0 amide bonds. The van der Waals surface area contributed by atoms with Gasteiger partial charge in [0.25, 0.3) is 0 Å². The van der Waals surface area contributed by atoms with Crippen molar-refractivity contribution in [2.75, 3.05) is 19.6 Å². The fourth-order valence-corrected chi connectivity index (χ4v) is 3.06. The van der Waals surface area contributed by atoms with Crippen molar-refractivity contribution in [3.05, 3.63) is 29.8 Å². The van der Waals surface area contributed by atoms with Crippen LogP contribution in [0.25, 0.3) is 0 Å². The fourth-order valence-electron chi connectivity index (χ4n) is 1.89. The fraction of sp³-hybridized carbons (Fsp3) is 0.455. The number of benzene rings is 1. The van der Waals surface area contributed by atoms with E-state index in [-0.39, 0.29) is 12.5 Å². The minimum Gasteiger partial charge on any atom is -0.316 e. The van der Waals surface area contributed by atoms with Gasteiger partial charge in [-0.1, -0.05) is 0 Å². The lowest BCUT2D eigenvalue weighted by Crippen LogP contribution is -2.30. The van der Waals surface area contributed by atoms with Gasteiger partial charge in [-0.25, -0.2) is 21.9 Å². The minimum atomic E-state index is -3.91. The summed E-state index contributed by atoms with van der Waals surface area (Å²) in [6.07, 6.45) is 0.883. The molecule has 1 fully saturated rings. The van der Waals surface area contributed by atoms with Gasteiger partial charge in [-0.3, -0.25) is 0 Å². The molecule has 1 unspecified atom stereocenters. The van der Waals surface area contributed by atoms with Gasteiger partial charge in [0, 0.05) is 12.6 Å². The lowest BCUT2D eigenvalue weighted by atomic mass is 10.1. The third kappa shape index (κ3) is 3.04. The molecule has 18 heavy (non-hydrogen) atoms. The van der Waals surface area contributed by atoms with Crippen molar-refractivity contribution in [3.8, 4) is 0 Å². The highest BCUT2D eigenvalue weighted by Crippen LogP contribution is 2.16. The minimum absolute atomic E-state index is 0.211. The van der Waals surface area contributed by atoms with E-state index in [2.05, 4.69) is 10.0 Å². The smallest absolute Gasteiger partial charge is 0.243 e. The molecule has 0 radical (unpaired) electrons. The molecule has 1 aromatic carbocycles. The van der Waals surface area contributed by atoms with Gasteiger partial charge in [-0.05, 0) is 37.6 Å². The van der Waals surface area contributed by atoms with Crippen LogP contribution in [-0.4, -0.2) is 28.1 Å². The molecule has 1 saturated heterocycles. The number of rotatable bonds is 4. The van der Waals surface area contributed by atoms with Gasteiger partial charge >= 0.3 is 0 Å². The molecule has 1 aromatic rings. The van der Waals surface area contributed by atoms with Crippen LogP contribution in [-0.2, 0) is 10.0 Å². The maximum Gasteiger partial charge on any atom is 0.243 e. The van der Waals surface area contributed by atoms with Crippen LogP contribution in [0.4, 0.5) is 8.78 Å². The molecule has 1 aliphatic heterocycles. The summed E-state index contributed by atoms with van der Waals surface area (Å²) in [6, 6.07) is 2.42. The maximum atomic E-state index is 13.4. The van der Waals surface area contributed by atoms with E-state index < -0.39 is 26.6 Å². The second-order valence-corrected chi connectivity index (χ2v) is 6.02. The van der Waals surface area contributed by atoms with Crippen LogP contribution < -0.4 is 10.0 Å². The number of hydrogen-bond acceptors (Lipinski definition) is 3. The van der Waals surface area contributed by atoms with E-state index >= 15 is 0 Å². The molecule has 7 heteroatoms. The predicted molar refractivity (Wildman–Crippen MR) is 62.5 cm³/mol. The van der Waals surface area contributed by atoms with Gasteiger partial charge in [0.1, 0.15) is 16.5 Å². The van der Waals surface area contributed by atoms with Crippen molar-refractivity contribution in [2.45, 2.75) is 11.3 Å². The van der Waals surface area contributed by atoms with E-state index in [1.807, 2.05) is 0 Å². The van der Waals surface area contributed by atoms with Crippen molar-refractivity contribution >= 4 is 10.0 Å². The zero-order valence-electron chi connectivity index (χ0n) is 9.62. The number of halogens is 2. The van der Waals surface area contributed by atoms with E-state index in [4.69, 9.17) is 0 Å². The highest BCUT2D eigenvalue weighted by atomic mass is 32.2. The molecule has 0 saturated carbocycles. The number of sulfonamides is 1. The number of nitrogens with one attached hydrogen (secondary N) is 2. The first-order valence-corrected chi connectivity index (χ1v) is 7.13. The SMILES string of the molecule is O=S(=O)(NCC1CCNC1)c1ccc(F)cc1F. The van der Waals surface area contributed by atoms with Gasteiger partial charge in [-0.2, -0.15) is 0 Å². The van der Waals surface area contributed by atoms with Crippen LogP contribution in [0.3, 0.4) is 0 Å². The Kier molecular flexibility index (Phi) is 3.94. The van der Waals surface area contributed by atoms with E-state index in [0.717, 1.165) is 31.6 Å². The molecule has 2 rings (SSSR count). The van der Waals surface area contributed by atoms with Gasteiger partial charge in [-0.15, -0.1) is 0 Å². The zero-order valence-corrected chi connectivity index (χ0v) is 10.4. The Morgan fingerprint density at radius 3 is 2.78 bits per heavy atom. The standard InChI is InChI=1S/C11H14F2N2O2S/c12-9-1-2-11(10(13)5-9)18(16,17)15-7-8-3-4-14-6-8/h1-2,5,8,14-15H,3-4,6-7H2. The molecule has 0 aromatic heterocycles. The molecule has 1 heterocycles. The first-order chi connectivity index (χ1) is 8.49. The van der Waals surface area contributed by atoms with Crippen LogP contribution in [0.15, 0.2) is 23.1 Å². The monoisotopic (exact) mass is 276 g/mol. The normalized spacial score (nSPS) is 20.2. The van der Waals surface area contributed by atoms with E-state index in [9.17, 15) is 17.2 Å². The van der Waals surface area contributed by atoms with Crippen LogP contribution in [0.2, 0.25) is 0 Å². The quantitative estimate of drug-likeness (QED) is 0.857. The second kappa shape index (κ2) is 5.29. The van der Waals surface area contributed by atoms with Crippen molar-refractivity contribution in [1.82, 2.24) is 10.0 Å². The third-order valence-corrected chi connectivity index (χ3v) is 4.36. The molecule has 0 spiro atoms. The Bertz CT molecular complexity index is 528. The van der Waals surface area contributed by atoms with Crippen molar-refractivity contribution in [3.63, 3.8) is 0 Å². The van der Waals surface area contributed by atoms with E-state index in [0.29, 0.717) is 6.07 Å². The summed E-state index contributed by atoms with van der Waals surface area (Å²) in [5, 5.41) is 3.11. The highest BCUT2D eigenvalue weighted by Gasteiger charge is 2.22. The van der Waals surface area contributed by atoms with Crippen LogP contribution in [0, 0.1) is 17.6 Å². The summed E-state index contributed by atoms with van der Waals surface area (Å²) in [7, 11) is -3.91. The summed E-state index contributed by atoms with van der Waals surface area (Å²) in [5.41, 5.74) is 0. The predicted octanol–water partition coefficient (Wildman–Crippen LogP) is 0.853. The summed E-state index contributed by atoms with van der Waals surface area (Å²) in [4.78, 5) is -0.519.